The van der Waals surface area contributed by atoms with E-state index in [1.54, 1.807) is 0 Å². The van der Waals surface area contributed by atoms with Gasteiger partial charge in [0.25, 0.3) is 0 Å². The second kappa shape index (κ2) is 11.8. The van der Waals surface area contributed by atoms with E-state index in [-0.39, 0.29) is 5.91 Å². The zero-order chi connectivity index (χ0) is 19.4. The largest absolute Gasteiger partial charge is 0.479 e. The molecule has 3 amide bonds. The summed E-state index contributed by atoms with van der Waals surface area (Å²) in [5.74, 6) is -3.31. The fraction of sp³-hybridized carbons (Fsp3) is 0.667. The second-order valence-corrected chi connectivity index (χ2v) is 5.42. The quantitative estimate of drug-likeness (QED) is 0.271. The Kier molecular flexibility index (Phi) is 10.6. The average molecular weight is 359 g/mol. The van der Waals surface area contributed by atoms with Gasteiger partial charge in [-0.15, -0.1) is 0 Å². The topological polar surface area (TPSA) is 151 Å². The first-order valence-electron chi connectivity index (χ1n) is 7.85. The molecule has 0 saturated heterocycles. The van der Waals surface area contributed by atoms with Gasteiger partial charge in [0.05, 0.1) is 0 Å². The molecule has 0 fully saturated rings. The number of unbranched alkanes of at least 4 members (excludes halogenated alkanes) is 1. The summed E-state index contributed by atoms with van der Waals surface area (Å²) in [4.78, 5) is 56.0. The molecule has 10 nitrogen and oxygen atoms in total. The molecule has 0 aliphatic carbocycles. The van der Waals surface area contributed by atoms with Gasteiger partial charge in [0.1, 0.15) is 12.6 Å². The van der Waals surface area contributed by atoms with Crippen molar-refractivity contribution >= 4 is 29.7 Å². The summed E-state index contributed by atoms with van der Waals surface area (Å²) >= 11 is 0. The number of aliphatic carboxylic acids is 1. The van der Waals surface area contributed by atoms with Gasteiger partial charge in [0, 0.05) is 20.4 Å². The molecule has 0 heterocycles. The molecular formula is C15H25N3O7. The Balaban J connectivity index is 4.34. The van der Waals surface area contributed by atoms with Crippen LogP contribution >= 0.6 is 0 Å². The minimum Gasteiger partial charge on any atom is -0.479 e. The Bertz CT molecular complexity index is 507. The number of amides is 3. The molecular weight excluding hydrogens is 334 g/mol. The standard InChI is InChI=1S/C15H25N3O7/c1-9(15(23)24)25-13(21)8-17-14(22)12(18-11(3)20)6-4-5-7-16-10(2)19/h9,12H,4-8H2,1-3H3,(H,16,19)(H,17,22)(H,18,20)(H,23,24)/t9-,12+/m1/s1. The van der Waals surface area contributed by atoms with Gasteiger partial charge in [0.2, 0.25) is 17.7 Å². The number of rotatable bonds is 11. The zero-order valence-electron chi connectivity index (χ0n) is 14.6. The summed E-state index contributed by atoms with van der Waals surface area (Å²) in [5, 5.41) is 16.0. The van der Waals surface area contributed by atoms with E-state index in [0.717, 1.165) is 0 Å². The van der Waals surface area contributed by atoms with Crippen LogP contribution in [0.4, 0.5) is 0 Å². The highest BCUT2D eigenvalue weighted by molar-refractivity contribution is 5.89. The van der Waals surface area contributed by atoms with Crippen LogP contribution < -0.4 is 16.0 Å². The number of ether oxygens (including phenoxy) is 1. The maximum absolute atomic E-state index is 12.1. The molecule has 10 heteroatoms. The SMILES string of the molecule is CC(=O)NCCCC[C@H](NC(C)=O)C(=O)NCC(=O)O[C@H](C)C(=O)O. The van der Waals surface area contributed by atoms with E-state index < -0.39 is 42.4 Å². The maximum Gasteiger partial charge on any atom is 0.344 e. The Morgan fingerprint density at radius 1 is 1.00 bits per heavy atom. The molecule has 0 spiro atoms. The van der Waals surface area contributed by atoms with Gasteiger partial charge in [-0.25, -0.2) is 4.79 Å². The predicted molar refractivity (Wildman–Crippen MR) is 86.3 cm³/mol. The zero-order valence-corrected chi connectivity index (χ0v) is 14.6. The normalized spacial score (nSPS) is 12.4. The van der Waals surface area contributed by atoms with Crippen molar-refractivity contribution in [3.05, 3.63) is 0 Å². The van der Waals surface area contributed by atoms with E-state index in [1.165, 1.54) is 20.8 Å². The fourth-order valence-electron chi connectivity index (χ4n) is 1.82. The molecule has 0 bridgehead atoms. The van der Waals surface area contributed by atoms with E-state index >= 15 is 0 Å². The highest BCUT2D eigenvalue weighted by atomic mass is 16.6. The van der Waals surface area contributed by atoms with Crippen molar-refractivity contribution in [1.29, 1.82) is 0 Å². The summed E-state index contributed by atoms with van der Waals surface area (Å²) in [6.07, 6.45) is 0.204. The highest BCUT2D eigenvalue weighted by Gasteiger charge is 2.21. The minimum absolute atomic E-state index is 0.148. The van der Waals surface area contributed by atoms with E-state index in [0.29, 0.717) is 25.8 Å². The van der Waals surface area contributed by atoms with Gasteiger partial charge in [-0.05, 0) is 26.2 Å². The first-order valence-corrected chi connectivity index (χ1v) is 7.85. The molecule has 0 unspecified atom stereocenters. The Morgan fingerprint density at radius 3 is 2.16 bits per heavy atom. The van der Waals surface area contributed by atoms with Crippen LogP contribution in [0.25, 0.3) is 0 Å². The molecule has 0 aliphatic heterocycles. The Hall–Kier alpha value is -2.65. The Labute approximate surface area is 145 Å². The first-order chi connectivity index (χ1) is 11.6. The lowest BCUT2D eigenvalue weighted by Gasteiger charge is -2.17. The lowest BCUT2D eigenvalue weighted by molar-refractivity contribution is -0.162. The van der Waals surface area contributed by atoms with Crippen LogP contribution in [0.3, 0.4) is 0 Å². The fourth-order valence-corrected chi connectivity index (χ4v) is 1.82. The van der Waals surface area contributed by atoms with Crippen molar-refractivity contribution < 1.29 is 33.8 Å². The van der Waals surface area contributed by atoms with Gasteiger partial charge in [-0.3, -0.25) is 19.2 Å². The molecule has 2 atom stereocenters. The van der Waals surface area contributed by atoms with Crippen molar-refractivity contribution in [3.8, 4) is 0 Å². The van der Waals surface area contributed by atoms with Gasteiger partial charge in [-0.1, -0.05) is 0 Å². The van der Waals surface area contributed by atoms with Crippen LogP contribution in [0.1, 0.15) is 40.0 Å². The van der Waals surface area contributed by atoms with Crippen LogP contribution in [0.5, 0.6) is 0 Å². The van der Waals surface area contributed by atoms with Crippen molar-refractivity contribution in [2.24, 2.45) is 0 Å². The third-order valence-corrected chi connectivity index (χ3v) is 3.05. The molecule has 142 valence electrons. The molecule has 4 N–H and O–H groups in total. The van der Waals surface area contributed by atoms with E-state index in [4.69, 9.17) is 5.11 Å². The lowest BCUT2D eigenvalue weighted by atomic mass is 10.1. The first kappa shape index (κ1) is 22.4. The highest BCUT2D eigenvalue weighted by Crippen LogP contribution is 2.01. The number of hydrogen-bond donors (Lipinski definition) is 4. The number of hydrogen-bond acceptors (Lipinski definition) is 6. The molecule has 0 radical (unpaired) electrons. The summed E-state index contributed by atoms with van der Waals surface area (Å²) in [6, 6.07) is -0.834. The number of esters is 1. The van der Waals surface area contributed by atoms with Crippen molar-refractivity contribution in [1.82, 2.24) is 16.0 Å². The molecule has 25 heavy (non-hydrogen) atoms. The van der Waals surface area contributed by atoms with E-state index in [9.17, 15) is 24.0 Å². The van der Waals surface area contributed by atoms with Gasteiger partial charge >= 0.3 is 11.9 Å². The van der Waals surface area contributed by atoms with Crippen LogP contribution in [0.2, 0.25) is 0 Å². The lowest BCUT2D eigenvalue weighted by Crippen LogP contribution is -2.47. The van der Waals surface area contributed by atoms with Crippen molar-refractivity contribution in [3.63, 3.8) is 0 Å². The van der Waals surface area contributed by atoms with Crippen LogP contribution in [0, 0.1) is 0 Å². The molecule has 0 saturated carbocycles. The number of carbonyl (C=O) groups is 5. The van der Waals surface area contributed by atoms with Crippen LogP contribution in [-0.2, 0) is 28.7 Å². The minimum atomic E-state index is -1.32. The maximum atomic E-state index is 12.1. The number of carbonyl (C=O) groups excluding carboxylic acids is 4. The Morgan fingerprint density at radius 2 is 1.64 bits per heavy atom. The van der Waals surface area contributed by atoms with E-state index in [2.05, 4.69) is 20.7 Å². The van der Waals surface area contributed by atoms with Crippen LogP contribution in [0.15, 0.2) is 0 Å². The van der Waals surface area contributed by atoms with Gasteiger partial charge in [0.15, 0.2) is 6.10 Å². The second-order valence-electron chi connectivity index (χ2n) is 5.42. The average Bonchev–Trinajstić information content (AvgIpc) is 2.50. The molecule has 0 aliphatic rings. The summed E-state index contributed by atoms with van der Waals surface area (Å²) in [5.41, 5.74) is 0. The monoisotopic (exact) mass is 359 g/mol. The molecule has 0 rings (SSSR count). The van der Waals surface area contributed by atoms with Crippen molar-refractivity contribution in [2.75, 3.05) is 13.1 Å². The summed E-state index contributed by atoms with van der Waals surface area (Å²) in [6.45, 7) is 3.82. The smallest absolute Gasteiger partial charge is 0.344 e. The van der Waals surface area contributed by atoms with Crippen molar-refractivity contribution in [2.45, 2.75) is 52.2 Å². The molecule has 0 aromatic rings. The number of nitrogens with one attached hydrogen (secondary N) is 3. The summed E-state index contributed by atoms with van der Waals surface area (Å²) < 4.78 is 4.58. The van der Waals surface area contributed by atoms with Gasteiger partial charge in [-0.2, -0.15) is 0 Å². The van der Waals surface area contributed by atoms with Gasteiger partial charge < -0.3 is 25.8 Å². The summed E-state index contributed by atoms with van der Waals surface area (Å²) in [7, 11) is 0. The third-order valence-electron chi connectivity index (χ3n) is 3.05. The number of carboxylic acid groups (broad SMARTS) is 1. The third kappa shape index (κ3) is 11.5. The van der Waals surface area contributed by atoms with Crippen LogP contribution in [-0.4, -0.2) is 60.0 Å². The number of carboxylic acids is 1. The van der Waals surface area contributed by atoms with E-state index in [1.807, 2.05) is 0 Å². The molecule has 0 aromatic heterocycles. The predicted octanol–water partition coefficient (Wildman–Crippen LogP) is -1.07. The molecule has 0 aromatic carbocycles.